The minimum absolute atomic E-state index is 0.0729. The minimum atomic E-state index is -0.0805. The van der Waals surface area contributed by atoms with Crippen molar-refractivity contribution in [1.29, 1.82) is 0 Å². The summed E-state index contributed by atoms with van der Waals surface area (Å²) in [7, 11) is 0. The molecule has 1 aliphatic rings. The molecular formula is C23H28N4O2. The molecule has 6 heteroatoms. The summed E-state index contributed by atoms with van der Waals surface area (Å²) >= 11 is 0. The number of nitrogens with one attached hydrogen (secondary N) is 1. The van der Waals surface area contributed by atoms with Gasteiger partial charge in [0.1, 0.15) is 17.4 Å². The number of carbonyl (C=O) groups excluding carboxylic acids is 1. The fourth-order valence-corrected chi connectivity index (χ4v) is 4.13. The molecule has 0 spiro atoms. The topological polar surface area (TPSA) is 71.3 Å². The molecule has 1 aliphatic heterocycles. The fraction of sp³-hybridized carbons (Fsp3) is 0.435. The number of fused-ring (bicyclic) bond motifs is 1. The van der Waals surface area contributed by atoms with Crippen molar-refractivity contribution in [3.8, 4) is 0 Å². The molecule has 1 fully saturated rings. The van der Waals surface area contributed by atoms with E-state index in [0.717, 1.165) is 53.2 Å². The number of amides is 1. The van der Waals surface area contributed by atoms with E-state index in [4.69, 9.17) is 9.40 Å². The highest BCUT2D eigenvalue weighted by Gasteiger charge is 2.29. The van der Waals surface area contributed by atoms with Crippen molar-refractivity contribution in [3.05, 3.63) is 46.5 Å². The Morgan fingerprint density at radius 1 is 1.17 bits per heavy atom. The van der Waals surface area contributed by atoms with Crippen LogP contribution in [0.5, 0.6) is 0 Å². The van der Waals surface area contributed by atoms with Crippen LogP contribution in [0.4, 0.5) is 11.5 Å². The molecule has 1 aromatic carbocycles. The maximum Gasteiger partial charge on any atom is 0.231 e. The van der Waals surface area contributed by atoms with Crippen molar-refractivity contribution >= 4 is 28.5 Å². The maximum absolute atomic E-state index is 13.0. The number of carbonyl (C=O) groups is 1. The molecule has 1 atom stereocenters. The normalized spacial score (nSPS) is 17.0. The molecule has 0 bridgehead atoms. The van der Waals surface area contributed by atoms with Gasteiger partial charge in [-0.25, -0.2) is 4.98 Å². The Bertz CT molecular complexity index is 1090. The fourth-order valence-electron chi connectivity index (χ4n) is 4.13. The van der Waals surface area contributed by atoms with Crippen LogP contribution in [0.15, 0.2) is 22.6 Å². The van der Waals surface area contributed by atoms with Gasteiger partial charge in [0.05, 0.1) is 11.3 Å². The van der Waals surface area contributed by atoms with Crippen LogP contribution in [0.3, 0.4) is 0 Å². The molecule has 2 aromatic heterocycles. The summed E-state index contributed by atoms with van der Waals surface area (Å²) in [5.74, 6) is 2.42. The lowest BCUT2D eigenvalue weighted by atomic mass is 9.96. The van der Waals surface area contributed by atoms with E-state index in [1.54, 1.807) is 0 Å². The molecule has 3 aromatic rings. The number of aromatic nitrogens is 2. The van der Waals surface area contributed by atoms with Gasteiger partial charge >= 0.3 is 0 Å². The van der Waals surface area contributed by atoms with E-state index >= 15 is 0 Å². The first-order chi connectivity index (χ1) is 13.8. The van der Waals surface area contributed by atoms with Crippen LogP contribution in [0.2, 0.25) is 0 Å². The van der Waals surface area contributed by atoms with E-state index in [-0.39, 0.29) is 11.8 Å². The number of nitrogens with zero attached hydrogens (tertiary/aromatic N) is 3. The van der Waals surface area contributed by atoms with Crippen LogP contribution in [0, 0.1) is 40.5 Å². The van der Waals surface area contributed by atoms with Gasteiger partial charge in [0.15, 0.2) is 0 Å². The second-order valence-electron chi connectivity index (χ2n) is 8.15. The number of hydrogen-bond donors (Lipinski definition) is 1. The number of hydrogen-bond acceptors (Lipinski definition) is 5. The van der Waals surface area contributed by atoms with Crippen molar-refractivity contribution in [1.82, 2.24) is 9.97 Å². The Labute approximate surface area is 171 Å². The first kappa shape index (κ1) is 19.4. The molecule has 1 saturated heterocycles. The number of furan rings is 1. The second-order valence-corrected chi connectivity index (χ2v) is 8.15. The predicted molar refractivity (Wildman–Crippen MR) is 115 cm³/mol. The molecule has 0 radical (unpaired) electrons. The number of anilines is 2. The smallest absolute Gasteiger partial charge is 0.231 e. The summed E-state index contributed by atoms with van der Waals surface area (Å²) in [5, 5.41) is 4.09. The molecular weight excluding hydrogens is 364 g/mol. The summed E-state index contributed by atoms with van der Waals surface area (Å²) in [6.45, 7) is 11.5. The number of piperidine rings is 1. The number of benzene rings is 1. The minimum Gasteiger partial charge on any atom is -0.443 e. The average molecular weight is 393 g/mol. The van der Waals surface area contributed by atoms with Crippen LogP contribution >= 0.6 is 0 Å². The molecule has 3 heterocycles. The first-order valence-corrected chi connectivity index (χ1v) is 10.2. The third kappa shape index (κ3) is 3.71. The van der Waals surface area contributed by atoms with E-state index in [1.807, 2.05) is 39.8 Å². The highest BCUT2D eigenvalue weighted by Crippen LogP contribution is 2.33. The molecule has 1 unspecified atom stereocenters. The van der Waals surface area contributed by atoms with Crippen LogP contribution in [-0.4, -0.2) is 29.0 Å². The van der Waals surface area contributed by atoms with Gasteiger partial charge in [0.2, 0.25) is 11.6 Å². The monoisotopic (exact) mass is 392 g/mol. The number of rotatable bonds is 3. The lowest BCUT2D eigenvalue weighted by Crippen LogP contribution is -2.41. The van der Waals surface area contributed by atoms with E-state index in [0.29, 0.717) is 18.1 Å². The molecule has 29 heavy (non-hydrogen) atoms. The molecule has 6 nitrogen and oxygen atoms in total. The van der Waals surface area contributed by atoms with Gasteiger partial charge in [0.25, 0.3) is 0 Å². The first-order valence-electron chi connectivity index (χ1n) is 10.2. The largest absolute Gasteiger partial charge is 0.443 e. The summed E-state index contributed by atoms with van der Waals surface area (Å²) in [6, 6.07) is 6.10. The Balaban J connectivity index is 1.59. The number of aryl methyl sites for hydroxylation is 5. The molecule has 1 N–H and O–H groups in total. The van der Waals surface area contributed by atoms with Gasteiger partial charge in [-0.3, -0.25) is 4.79 Å². The average Bonchev–Trinajstić information content (AvgIpc) is 2.97. The van der Waals surface area contributed by atoms with Crippen LogP contribution in [-0.2, 0) is 4.79 Å². The van der Waals surface area contributed by atoms with Gasteiger partial charge < -0.3 is 14.6 Å². The third-order valence-corrected chi connectivity index (χ3v) is 5.85. The van der Waals surface area contributed by atoms with E-state index in [1.165, 1.54) is 5.56 Å². The Kier molecular flexibility index (Phi) is 5.03. The summed E-state index contributed by atoms with van der Waals surface area (Å²) in [5.41, 5.74) is 4.86. The molecule has 0 saturated carbocycles. The van der Waals surface area contributed by atoms with Crippen molar-refractivity contribution in [2.75, 3.05) is 23.3 Å². The lowest BCUT2D eigenvalue weighted by Gasteiger charge is -2.33. The van der Waals surface area contributed by atoms with Gasteiger partial charge in [-0.2, -0.15) is 4.98 Å². The summed E-state index contributed by atoms with van der Waals surface area (Å²) in [4.78, 5) is 24.4. The molecule has 4 rings (SSSR count). The van der Waals surface area contributed by atoms with Crippen LogP contribution in [0.25, 0.3) is 11.1 Å². The van der Waals surface area contributed by atoms with Crippen molar-refractivity contribution in [2.24, 2.45) is 5.92 Å². The SMILES string of the molecule is Cc1ccc(NC(=O)C2CCCN(c3nc(C)nc4oc(C)c(C)c34)C2)c(C)c1. The van der Waals surface area contributed by atoms with E-state index < -0.39 is 0 Å². The standard InChI is InChI=1S/C23H28N4O2/c1-13-8-9-19(14(2)11-13)26-22(28)18-7-6-10-27(12-18)21-20-15(3)16(4)29-23(20)25-17(5)24-21/h8-9,11,18H,6-7,10,12H2,1-5H3,(H,26,28). The highest BCUT2D eigenvalue weighted by molar-refractivity contribution is 5.94. The third-order valence-electron chi connectivity index (χ3n) is 5.85. The second kappa shape index (κ2) is 7.50. The van der Waals surface area contributed by atoms with E-state index in [2.05, 4.69) is 28.2 Å². The van der Waals surface area contributed by atoms with Gasteiger partial charge in [-0.15, -0.1) is 0 Å². The van der Waals surface area contributed by atoms with E-state index in [9.17, 15) is 4.79 Å². The Hall–Kier alpha value is -2.89. The van der Waals surface area contributed by atoms with Crippen molar-refractivity contribution in [3.63, 3.8) is 0 Å². The lowest BCUT2D eigenvalue weighted by molar-refractivity contribution is -0.120. The van der Waals surface area contributed by atoms with Crippen LogP contribution in [0.1, 0.15) is 41.1 Å². The zero-order valence-electron chi connectivity index (χ0n) is 17.8. The molecule has 0 aliphatic carbocycles. The van der Waals surface area contributed by atoms with Gasteiger partial charge in [-0.1, -0.05) is 17.7 Å². The van der Waals surface area contributed by atoms with Crippen molar-refractivity contribution < 1.29 is 9.21 Å². The van der Waals surface area contributed by atoms with Gasteiger partial charge in [0, 0.05) is 24.3 Å². The zero-order valence-corrected chi connectivity index (χ0v) is 17.8. The maximum atomic E-state index is 13.0. The Morgan fingerprint density at radius 2 is 1.97 bits per heavy atom. The molecule has 152 valence electrons. The Morgan fingerprint density at radius 3 is 2.72 bits per heavy atom. The van der Waals surface area contributed by atoms with Gasteiger partial charge in [-0.05, 0) is 59.1 Å². The van der Waals surface area contributed by atoms with Crippen molar-refractivity contribution in [2.45, 2.75) is 47.5 Å². The quantitative estimate of drug-likeness (QED) is 0.704. The summed E-state index contributed by atoms with van der Waals surface area (Å²) < 4.78 is 5.83. The van der Waals surface area contributed by atoms with Crippen LogP contribution < -0.4 is 10.2 Å². The predicted octanol–water partition coefficient (Wildman–Crippen LogP) is 4.62. The highest BCUT2D eigenvalue weighted by atomic mass is 16.3. The summed E-state index contributed by atoms with van der Waals surface area (Å²) in [6.07, 6.45) is 1.83. The molecule has 1 amide bonds. The zero-order chi connectivity index (χ0) is 20.7.